The molecule has 4 rings (SSSR count). The van der Waals surface area contributed by atoms with Crippen LogP contribution in [0.5, 0.6) is 5.75 Å². The summed E-state index contributed by atoms with van der Waals surface area (Å²) in [7, 11) is 0. The van der Waals surface area contributed by atoms with E-state index in [1.54, 1.807) is 0 Å². The molecule has 3 aliphatic rings. The summed E-state index contributed by atoms with van der Waals surface area (Å²) < 4.78 is 18.4. The molecule has 0 radical (unpaired) electrons. The minimum atomic E-state index is -0.382. The fourth-order valence-corrected chi connectivity index (χ4v) is 4.45. The van der Waals surface area contributed by atoms with Gasteiger partial charge in [-0.3, -0.25) is 0 Å². The van der Waals surface area contributed by atoms with E-state index in [9.17, 15) is 0 Å². The second kappa shape index (κ2) is 6.88. The zero-order valence-electron chi connectivity index (χ0n) is 16.1. The summed E-state index contributed by atoms with van der Waals surface area (Å²) in [6.07, 6.45) is 2.08. The molecule has 3 heterocycles. The summed E-state index contributed by atoms with van der Waals surface area (Å²) >= 11 is 0. The molecule has 3 atom stereocenters. The number of ether oxygens (including phenoxy) is 3. The molecule has 1 aromatic rings. The highest BCUT2D eigenvalue weighted by Gasteiger charge is 2.49. The highest BCUT2D eigenvalue weighted by Crippen LogP contribution is 2.52. The first-order valence-corrected chi connectivity index (χ1v) is 9.84. The molecule has 0 aliphatic carbocycles. The average Bonchev–Trinajstić information content (AvgIpc) is 2.62. The van der Waals surface area contributed by atoms with Crippen molar-refractivity contribution in [1.29, 1.82) is 0 Å². The smallest absolute Gasteiger partial charge is 0.139 e. The van der Waals surface area contributed by atoms with Crippen molar-refractivity contribution in [3.05, 3.63) is 29.8 Å². The normalized spacial score (nSPS) is 33.2. The molecule has 0 bridgehead atoms. The largest absolute Gasteiger partial charge is 0.487 e. The van der Waals surface area contributed by atoms with Gasteiger partial charge in [-0.15, -0.1) is 0 Å². The van der Waals surface area contributed by atoms with Crippen LogP contribution in [0.4, 0.5) is 0 Å². The first-order chi connectivity index (χ1) is 12.5. The maximum Gasteiger partial charge on any atom is 0.139 e. The number of fused-ring (bicyclic) bond motifs is 3. The predicted molar refractivity (Wildman–Crippen MR) is 100 cm³/mol. The SMILES string of the molecule is CC1(C)Oc2ccccc2[C@@H]2O[C@](C)(C#CC[NH+]3CCOCC3)CC[C@@H]21. The minimum absolute atomic E-state index is 0.0544. The van der Waals surface area contributed by atoms with E-state index in [0.717, 1.165) is 51.4 Å². The molecule has 0 aromatic heterocycles. The van der Waals surface area contributed by atoms with Gasteiger partial charge in [-0.2, -0.15) is 0 Å². The highest BCUT2D eigenvalue weighted by molar-refractivity contribution is 5.39. The molecule has 1 N–H and O–H groups in total. The molecule has 0 unspecified atom stereocenters. The van der Waals surface area contributed by atoms with Crippen LogP contribution in [-0.2, 0) is 9.47 Å². The molecule has 2 saturated heterocycles. The third-order valence-electron chi connectivity index (χ3n) is 6.07. The Labute approximate surface area is 156 Å². The Morgan fingerprint density at radius 3 is 2.73 bits per heavy atom. The van der Waals surface area contributed by atoms with Gasteiger partial charge in [-0.1, -0.05) is 24.1 Å². The lowest BCUT2D eigenvalue weighted by molar-refractivity contribution is -0.900. The second-order valence-electron chi connectivity index (χ2n) is 8.50. The zero-order valence-corrected chi connectivity index (χ0v) is 16.1. The van der Waals surface area contributed by atoms with Gasteiger partial charge in [0.1, 0.15) is 36.6 Å². The Morgan fingerprint density at radius 1 is 1.15 bits per heavy atom. The van der Waals surface area contributed by atoms with E-state index in [4.69, 9.17) is 14.2 Å². The molecule has 4 heteroatoms. The van der Waals surface area contributed by atoms with Crippen molar-refractivity contribution in [2.45, 2.75) is 50.9 Å². The van der Waals surface area contributed by atoms with Crippen molar-refractivity contribution in [2.24, 2.45) is 5.92 Å². The summed E-state index contributed by atoms with van der Waals surface area (Å²) in [5.41, 5.74) is 0.572. The number of nitrogens with one attached hydrogen (secondary N) is 1. The summed E-state index contributed by atoms with van der Waals surface area (Å²) in [6, 6.07) is 8.29. The number of quaternary nitrogens is 1. The van der Waals surface area contributed by atoms with E-state index in [-0.39, 0.29) is 17.3 Å². The quantitative estimate of drug-likeness (QED) is 0.781. The van der Waals surface area contributed by atoms with Crippen LogP contribution in [0.25, 0.3) is 0 Å². The van der Waals surface area contributed by atoms with Crippen LogP contribution in [0.2, 0.25) is 0 Å². The van der Waals surface area contributed by atoms with Crippen LogP contribution in [0.1, 0.15) is 45.3 Å². The van der Waals surface area contributed by atoms with Crippen LogP contribution in [0, 0.1) is 17.8 Å². The van der Waals surface area contributed by atoms with Gasteiger partial charge in [0.15, 0.2) is 0 Å². The van der Waals surface area contributed by atoms with Crippen LogP contribution in [-0.4, -0.2) is 44.1 Å². The van der Waals surface area contributed by atoms with Crippen molar-refractivity contribution in [1.82, 2.24) is 0 Å². The van der Waals surface area contributed by atoms with Crippen LogP contribution in [0.3, 0.4) is 0 Å². The summed E-state index contributed by atoms with van der Waals surface area (Å²) in [6.45, 7) is 11.2. The Bertz CT molecular complexity index is 714. The Hall–Kier alpha value is -1.54. The number of para-hydroxylation sites is 1. The molecule has 140 valence electrons. The van der Waals surface area contributed by atoms with Gasteiger partial charge in [0.05, 0.1) is 19.3 Å². The Kier molecular flexibility index (Phi) is 4.73. The number of hydrogen-bond acceptors (Lipinski definition) is 3. The fraction of sp³-hybridized carbons (Fsp3) is 0.636. The van der Waals surface area contributed by atoms with Crippen molar-refractivity contribution in [3.63, 3.8) is 0 Å². The van der Waals surface area contributed by atoms with Gasteiger partial charge in [0.25, 0.3) is 0 Å². The summed E-state index contributed by atoms with van der Waals surface area (Å²) in [5, 5.41) is 0. The molecule has 4 nitrogen and oxygen atoms in total. The Balaban J connectivity index is 1.52. The van der Waals surface area contributed by atoms with Crippen molar-refractivity contribution in [2.75, 3.05) is 32.8 Å². The number of rotatable bonds is 1. The van der Waals surface area contributed by atoms with E-state index in [1.807, 2.05) is 6.07 Å². The van der Waals surface area contributed by atoms with Crippen molar-refractivity contribution >= 4 is 0 Å². The topological polar surface area (TPSA) is 32.1 Å². The lowest BCUT2D eigenvalue weighted by Crippen LogP contribution is -3.14. The van der Waals surface area contributed by atoms with Gasteiger partial charge >= 0.3 is 0 Å². The lowest BCUT2D eigenvalue weighted by Gasteiger charge is -2.50. The highest BCUT2D eigenvalue weighted by atomic mass is 16.5. The van der Waals surface area contributed by atoms with Gasteiger partial charge < -0.3 is 19.1 Å². The molecular weight excluding hydrogens is 326 g/mol. The lowest BCUT2D eigenvalue weighted by atomic mass is 9.73. The standard InChI is InChI=1S/C22H29NO3/c1-21(2)18-9-11-22(3,10-6-12-23-13-15-24-16-14-23)26-20(18)17-7-4-5-8-19(17)25-21/h4-5,7-8,18,20H,9,11-16H2,1-3H3/p+1/t18-,20-,22+/m0/s1. The molecule has 0 amide bonds. The maximum absolute atomic E-state index is 6.64. The van der Waals surface area contributed by atoms with E-state index >= 15 is 0 Å². The van der Waals surface area contributed by atoms with Crippen LogP contribution in [0.15, 0.2) is 24.3 Å². The van der Waals surface area contributed by atoms with Gasteiger partial charge in [-0.05, 0) is 45.6 Å². The molecular formula is C22H30NO3+. The summed E-state index contributed by atoms with van der Waals surface area (Å²) in [5.74, 6) is 8.18. The van der Waals surface area contributed by atoms with E-state index in [1.165, 1.54) is 10.5 Å². The molecule has 2 fully saturated rings. The third kappa shape index (κ3) is 3.49. The third-order valence-corrected chi connectivity index (χ3v) is 6.07. The molecule has 26 heavy (non-hydrogen) atoms. The minimum Gasteiger partial charge on any atom is -0.487 e. The molecule has 1 aromatic carbocycles. The first kappa shape index (κ1) is 17.9. The predicted octanol–water partition coefficient (Wildman–Crippen LogP) is 2.00. The van der Waals surface area contributed by atoms with Crippen molar-refractivity contribution < 1.29 is 19.1 Å². The number of hydrogen-bond donors (Lipinski definition) is 1. The van der Waals surface area contributed by atoms with Crippen molar-refractivity contribution in [3.8, 4) is 17.6 Å². The Morgan fingerprint density at radius 2 is 1.92 bits per heavy atom. The van der Waals surface area contributed by atoms with E-state index < -0.39 is 0 Å². The summed E-state index contributed by atoms with van der Waals surface area (Å²) in [4.78, 5) is 1.51. The molecule has 0 spiro atoms. The fourth-order valence-electron chi connectivity index (χ4n) is 4.45. The van der Waals surface area contributed by atoms with E-state index in [0.29, 0.717) is 5.92 Å². The van der Waals surface area contributed by atoms with Crippen LogP contribution < -0.4 is 9.64 Å². The number of morpholine rings is 1. The first-order valence-electron chi connectivity index (χ1n) is 9.84. The van der Waals surface area contributed by atoms with Gasteiger partial charge in [-0.25, -0.2) is 0 Å². The van der Waals surface area contributed by atoms with Gasteiger partial charge in [0.2, 0.25) is 0 Å². The second-order valence-corrected chi connectivity index (χ2v) is 8.50. The van der Waals surface area contributed by atoms with Gasteiger partial charge in [0, 0.05) is 11.5 Å². The average molecular weight is 356 g/mol. The van der Waals surface area contributed by atoms with E-state index in [2.05, 4.69) is 50.8 Å². The van der Waals surface area contributed by atoms with Crippen LogP contribution >= 0.6 is 0 Å². The number of benzene rings is 1. The monoisotopic (exact) mass is 356 g/mol. The molecule has 3 aliphatic heterocycles. The zero-order chi connectivity index (χ0) is 18.2. The maximum atomic E-state index is 6.64. The molecule has 0 saturated carbocycles.